The van der Waals surface area contributed by atoms with Gasteiger partial charge >= 0.3 is 0 Å². The van der Waals surface area contributed by atoms with Gasteiger partial charge in [0.1, 0.15) is 5.75 Å². The Bertz CT molecular complexity index is 712. The second kappa shape index (κ2) is 7.80. The maximum absolute atomic E-state index is 11.8. The summed E-state index contributed by atoms with van der Waals surface area (Å²) in [6, 6.07) is 9.04. The molecule has 0 radical (unpaired) electrons. The van der Waals surface area contributed by atoms with E-state index in [1.807, 2.05) is 40.8 Å². The maximum atomic E-state index is 11.8. The molecular formula is C17H22N2O4. The van der Waals surface area contributed by atoms with Gasteiger partial charge in [-0.25, -0.2) is 0 Å². The summed E-state index contributed by atoms with van der Waals surface area (Å²) in [6.45, 7) is 1.51. The van der Waals surface area contributed by atoms with Gasteiger partial charge in [-0.1, -0.05) is 18.2 Å². The van der Waals surface area contributed by atoms with Crippen molar-refractivity contribution in [3.63, 3.8) is 0 Å². The summed E-state index contributed by atoms with van der Waals surface area (Å²) in [4.78, 5) is 13.7. The molecule has 0 aliphatic heterocycles. The summed E-state index contributed by atoms with van der Waals surface area (Å²) in [5.74, 6) is 0.466. The number of rotatable bonds is 7. The van der Waals surface area contributed by atoms with Crippen LogP contribution in [0.25, 0.3) is 0 Å². The number of aliphatic hydroxyl groups excluding tert-OH is 1. The van der Waals surface area contributed by atoms with Crippen molar-refractivity contribution in [3.8, 4) is 11.5 Å². The molecule has 1 heterocycles. The number of aliphatic hydroxyl groups is 1. The molecule has 2 N–H and O–H groups in total. The van der Waals surface area contributed by atoms with Crippen molar-refractivity contribution in [2.24, 2.45) is 0 Å². The van der Waals surface area contributed by atoms with E-state index in [2.05, 4.69) is 0 Å². The van der Waals surface area contributed by atoms with Crippen molar-refractivity contribution in [1.29, 1.82) is 0 Å². The van der Waals surface area contributed by atoms with Crippen molar-refractivity contribution in [1.82, 2.24) is 9.47 Å². The summed E-state index contributed by atoms with van der Waals surface area (Å²) >= 11 is 0. The van der Waals surface area contributed by atoms with Gasteiger partial charge in [-0.15, -0.1) is 0 Å². The number of aromatic nitrogens is 1. The Morgan fingerprint density at radius 2 is 2.04 bits per heavy atom. The van der Waals surface area contributed by atoms with E-state index in [0.29, 0.717) is 19.6 Å². The molecular weight excluding hydrogens is 296 g/mol. The fourth-order valence-corrected chi connectivity index (χ4v) is 2.43. The van der Waals surface area contributed by atoms with E-state index in [1.54, 1.807) is 7.11 Å². The van der Waals surface area contributed by atoms with Gasteiger partial charge in [-0.3, -0.25) is 9.69 Å². The van der Waals surface area contributed by atoms with Gasteiger partial charge in [0.2, 0.25) is 5.43 Å². The predicted molar refractivity (Wildman–Crippen MR) is 87.9 cm³/mol. The average molecular weight is 318 g/mol. The molecule has 0 aliphatic rings. The van der Waals surface area contributed by atoms with Gasteiger partial charge in [0.15, 0.2) is 5.75 Å². The topological polar surface area (TPSA) is 74.9 Å². The van der Waals surface area contributed by atoms with Crippen LogP contribution in [0.1, 0.15) is 11.3 Å². The lowest BCUT2D eigenvalue weighted by molar-refractivity contribution is 0.214. The molecule has 0 saturated heterocycles. The van der Waals surface area contributed by atoms with E-state index >= 15 is 0 Å². The highest BCUT2D eigenvalue weighted by atomic mass is 16.5. The zero-order valence-corrected chi connectivity index (χ0v) is 13.4. The summed E-state index contributed by atoms with van der Waals surface area (Å²) in [7, 11) is 3.47. The van der Waals surface area contributed by atoms with E-state index in [1.165, 1.54) is 12.3 Å². The van der Waals surface area contributed by atoms with Crippen molar-refractivity contribution < 1.29 is 14.9 Å². The van der Waals surface area contributed by atoms with Gasteiger partial charge in [0, 0.05) is 30.4 Å². The zero-order valence-electron chi connectivity index (χ0n) is 13.4. The molecule has 0 saturated carbocycles. The fourth-order valence-electron chi connectivity index (χ4n) is 2.43. The molecule has 1 aromatic carbocycles. The fraction of sp³-hybridized carbons (Fsp3) is 0.353. The number of pyridine rings is 1. The first-order valence-electron chi connectivity index (χ1n) is 7.38. The van der Waals surface area contributed by atoms with Crippen molar-refractivity contribution in [2.45, 2.75) is 13.1 Å². The zero-order chi connectivity index (χ0) is 16.8. The van der Waals surface area contributed by atoms with Crippen LogP contribution >= 0.6 is 0 Å². The van der Waals surface area contributed by atoms with Crippen LogP contribution in [0.15, 0.2) is 41.3 Å². The molecule has 0 amide bonds. The summed E-state index contributed by atoms with van der Waals surface area (Å²) in [5, 5.41) is 18.8. The molecule has 6 nitrogen and oxygen atoms in total. The monoisotopic (exact) mass is 318 g/mol. The third-order valence-corrected chi connectivity index (χ3v) is 3.64. The van der Waals surface area contributed by atoms with Gasteiger partial charge in [-0.05, 0) is 13.1 Å². The standard InChI is InChI=1S/C17H22N2O4/c1-18(7-8-20)11-14-9-15(21)16(22)12-19(14)10-13-5-3-4-6-17(13)23-2/h3-6,9,12,20,22H,7-8,10-11H2,1-2H3. The summed E-state index contributed by atoms with van der Waals surface area (Å²) < 4.78 is 7.17. The lowest BCUT2D eigenvalue weighted by Crippen LogP contribution is -2.25. The number of methoxy groups -OCH3 is 1. The number of hydrogen-bond donors (Lipinski definition) is 2. The molecule has 1 aromatic heterocycles. The molecule has 6 heteroatoms. The van der Waals surface area contributed by atoms with Crippen LogP contribution in [0.4, 0.5) is 0 Å². The van der Waals surface area contributed by atoms with Gasteiger partial charge in [-0.2, -0.15) is 0 Å². The highest BCUT2D eigenvalue weighted by molar-refractivity contribution is 5.34. The predicted octanol–water partition coefficient (Wildman–Crippen LogP) is 1.03. The number of likely N-dealkylation sites (N-methyl/N-ethyl adjacent to an activating group) is 1. The normalized spacial score (nSPS) is 11.0. The number of aromatic hydroxyl groups is 1. The van der Waals surface area contributed by atoms with E-state index in [9.17, 15) is 9.90 Å². The number of ether oxygens (including phenoxy) is 1. The Morgan fingerprint density at radius 1 is 1.30 bits per heavy atom. The molecule has 2 rings (SSSR count). The number of benzene rings is 1. The Hall–Kier alpha value is -2.31. The van der Waals surface area contributed by atoms with Gasteiger partial charge in [0.25, 0.3) is 0 Å². The van der Waals surface area contributed by atoms with Crippen LogP contribution in [0, 0.1) is 0 Å². The molecule has 0 bridgehead atoms. The first kappa shape index (κ1) is 17.1. The molecule has 2 aromatic rings. The Balaban J connectivity index is 2.36. The molecule has 124 valence electrons. The van der Waals surface area contributed by atoms with Crippen molar-refractivity contribution in [3.05, 3.63) is 58.0 Å². The second-order valence-electron chi connectivity index (χ2n) is 5.42. The average Bonchev–Trinajstić information content (AvgIpc) is 2.53. The third-order valence-electron chi connectivity index (χ3n) is 3.64. The lowest BCUT2D eigenvalue weighted by Gasteiger charge is -2.20. The molecule has 0 fully saturated rings. The number of hydrogen-bond acceptors (Lipinski definition) is 5. The van der Waals surface area contributed by atoms with Crippen LogP contribution in [0.3, 0.4) is 0 Å². The quantitative estimate of drug-likeness (QED) is 0.798. The van der Waals surface area contributed by atoms with E-state index < -0.39 is 5.43 Å². The van der Waals surface area contributed by atoms with Crippen LogP contribution in [-0.4, -0.2) is 47.0 Å². The largest absolute Gasteiger partial charge is 0.503 e. The summed E-state index contributed by atoms with van der Waals surface area (Å²) in [6.07, 6.45) is 1.44. The minimum absolute atomic E-state index is 0.0469. The number of nitrogens with zero attached hydrogens (tertiary/aromatic N) is 2. The second-order valence-corrected chi connectivity index (χ2v) is 5.42. The van der Waals surface area contributed by atoms with Crippen molar-refractivity contribution >= 4 is 0 Å². The Kier molecular flexibility index (Phi) is 5.78. The van der Waals surface area contributed by atoms with E-state index in [4.69, 9.17) is 9.84 Å². The minimum Gasteiger partial charge on any atom is -0.503 e. The molecule has 0 aliphatic carbocycles. The van der Waals surface area contributed by atoms with Crippen LogP contribution in [0.2, 0.25) is 0 Å². The lowest BCUT2D eigenvalue weighted by atomic mass is 10.2. The molecule has 0 spiro atoms. The van der Waals surface area contributed by atoms with Crippen molar-refractivity contribution in [2.75, 3.05) is 27.3 Å². The Labute approximate surface area is 135 Å². The third kappa shape index (κ3) is 4.34. The molecule has 0 atom stereocenters. The first-order valence-corrected chi connectivity index (χ1v) is 7.38. The Morgan fingerprint density at radius 3 is 2.74 bits per heavy atom. The van der Waals surface area contributed by atoms with E-state index in [-0.39, 0.29) is 12.4 Å². The van der Waals surface area contributed by atoms with Crippen LogP contribution in [-0.2, 0) is 13.1 Å². The van der Waals surface area contributed by atoms with Gasteiger partial charge < -0.3 is 19.5 Å². The molecule has 0 unspecified atom stereocenters. The minimum atomic E-state index is -0.409. The van der Waals surface area contributed by atoms with Gasteiger partial charge in [0.05, 0.1) is 26.5 Å². The highest BCUT2D eigenvalue weighted by Crippen LogP contribution is 2.20. The van der Waals surface area contributed by atoms with E-state index in [0.717, 1.165) is 17.0 Å². The first-order chi connectivity index (χ1) is 11.0. The van der Waals surface area contributed by atoms with Crippen LogP contribution in [0.5, 0.6) is 11.5 Å². The highest BCUT2D eigenvalue weighted by Gasteiger charge is 2.11. The number of para-hydroxylation sites is 1. The smallest absolute Gasteiger partial charge is 0.223 e. The maximum Gasteiger partial charge on any atom is 0.223 e. The van der Waals surface area contributed by atoms with Crippen LogP contribution < -0.4 is 10.2 Å². The molecule has 23 heavy (non-hydrogen) atoms. The summed E-state index contributed by atoms with van der Waals surface area (Å²) in [5.41, 5.74) is 1.30. The SMILES string of the molecule is COc1ccccc1Cn1cc(O)c(=O)cc1CN(C)CCO.